The van der Waals surface area contributed by atoms with Crippen molar-refractivity contribution >= 4 is 33.9 Å². The predicted octanol–water partition coefficient (Wildman–Crippen LogP) is 5.97. The molecule has 1 saturated heterocycles. The van der Waals surface area contributed by atoms with Gasteiger partial charge in [-0.1, -0.05) is 64.0 Å². The molecule has 1 fully saturated rings. The van der Waals surface area contributed by atoms with Crippen molar-refractivity contribution in [2.75, 3.05) is 6.61 Å². The number of aryl methyl sites for hydroxylation is 1. The highest BCUT2D eigenvalue weighted by Gasteiger charge is 2.33. The minimum absolute atomic E-state index is 0.0299. The zero-order chi connectivity index (χ0) is 24.9. The van der Waals surface area contributed by atoms with Gasteiger partial charge in [-0.15, -0.1) is 0 Å². The van der Waals surface area contributed by atoms with Gasteiger partial charge in [0, 0.05) is 10.0 Å². The Morgan fingerprint density at radius 1 is 1.03 bits per heavy atom. The number of halogens is 2. The van der Waals surface area contributed by atoms with Crippen LogP contribution in [0.25, 0.3) is 6.08 Å². The molecule has 1 aliphatic heterocycles. The molecule has 0 unspecified atom stereocenters. The van der Waals surface area contributed by atoms with Crippen LogP contribution in [0.3, 0.4) is 0 Å². The monoisotopic (exact) mass is 538 g/mol. The average molecular weight is 539 g/mol. The maximum atomic E-state index is 14.0. The number of hydrogen-bond acceptors (Lipinski definition) is 4. The van der Waals surface area contributed by atoms with Crippen LogP contribution in [0.4, 0.5) is 9.18 Å². The normalized spacial score (nSPS) is 14.4. The van der Waals surface area contributed by atoms with Crippen molar-refractivity contribution in [1.82, 2.24) is 10.2 Å². The molecule has 0 saturated carbocycles. The van der Waals surface area contributed by atoms with Gasteiger partial charge in [-0.05, 0) is 49.2 Å². The molecule has 3 aromatic carbocycles. The van der Waals surface area contributed by atoms with E-state index >= 15 is 0 Å². The van der Waals surface area contributed by atoms with Crippen molar-refractivity contribution in [2.24, 2.45) is 0 Å². The third-order valence-corrected chi connectivity index (χ3v) is 6.11. The molecule has 6 nitrogen and oxygen atoms in total. The molecule has 0 spiro atoms. The first kappa shape index (κ1) is 24.5. The van der Waals surface area contributed by atoms with E-state index in [9.17, 15) is 14.0 Å². The lowest BCUT2D eigenvalue weighted by Crippen LogP contribution is -2.30. The number of hydrogen-bond donors (Lipinski definition) is 1. The topological polar surface area (TPSA) is 67.9 Å². The molecule has 180 valence electrons. The number of ether oxygens (including phenoxy) is 2. The van der Waals surface area contributed by atoms with E-state index in [0.717, 1.165) is 11.1 Å². The average Bonchev–Trinajstić information content (AvgIpc) is 3.09. The molecule has 1 N–H and O–H groups in total. The van der Waals surface area contributed by atoms with Crippen molar-refractivity contribution in [3.05, 3.63) is 98.9 Å². The number of benzene rings is 3. The quantitative estimate of drug-likeness (QED) is 0.283. The van der Waals surface area contributed by atoms with E-state index in [0.29, 0.717) is 33.7 Å². The van der Waals surface area contributed by atoms with Gasteiger partial charge >= 0.3 is 6.03 Å². The molecule has 8 heteroatoms. The molecule has 0 bridgehead atoms. The summed E-state index contributed by atoms with van der Waals surface area (Å²) in [4.78, 5) is 26.6. The first-order valence-corrected chi connectivity index (χ1v) is 11.9. The van der Waals surface area contributed by atoms with Crippen molar-refractivity contribution in [3.8, 4) is 11.5 Å². The first-order valence-electron chi connectivity index (χ1n) is 11.1. The minimum Gasteiger partial charge on any atom is -0.490 e. The second kappa shape index (κ2) is 10.7. The van der Waals surface area contributed by atoms with E-state index in [1.54, 1.807) is 36.4 Å². The number of imide groups is 1. The Balaban J connectivity index is 1.56. The van der Waals surface area contributed by atoms with E-state index in [2.05, 4.69) is 21.2 Å². The molecule has 4 rings (SSSR count). The van der Waals surface area contributed by atoms with Gasteiger partial charge in [0.15, 0.2) is 11.5 Å². The van der Waals surface area contributed by atoms with Gasteiger partial charge in [0.25, 0.3) is 5.91 Å². The van der Waals surface area contributed by atoms with Gasteiger partial charge in [0.2, 0.25) is 0 Å². The second-order valence-electron chi connectivity index (χ2n) is 8.00. The van der Waals surface area contributed by atoms with Crippen molar-refractivity contribution in [1.29, 1.82) is 0 Å². The summed E-state index contributed by atoms with van der Waals surface area (Å²) < 4.78 is 26.1. The predicted molar refractivity (Wildman–Crippen MR) is 134 cm³/mol. The Labute approximate surface area is 211 Å². The lowest BCUT2D eigenvalue weighted by atomic mass is 10.1. The summed E-state index contributed by atoms with van der Waals surface area (Å²) >= 11 is 3.50. The molecule has 3 aromatic rings. The summed E-state index contributed by atoms with van der Waals surface area (Å²) in [5.41, 5.74) is 3.15. The molecule has 1 heterocycles. The Kier molecular flexibility index (Phi) is 7.51. The van der Waals surface area contributed by atoms with Gasteiger partial charge in [-0.3, -0.25) is 9.69 Å². The van der Waals surface area contributed by atoms with Crippen LogP contribution in [0, 0.1) is 12.7 Å². The molecule has 0 atom stereocenters. The number of rotatable bonds is 8. The van der Waals surface area contributed by atoms with Crippen LogP contribution in [-0.4, -0.2) is 23.4 Å². The summed E-state index contributed by atoms with van der Waals surface area (Å²) in [7, 11) is 0. The zero-order valence-electron chi connectivity index (χ0n) is 19.3. The lowest BCUT2D eigenvalue weighted by molar-refractivity contribution is -0.123. The largest absolute Gasteiger partial charge is 0.490 e. The summed E-state index contributed by atoms with van der Waals surface area (Å²) in [5.74, 6) is 0.0935. The van der Waals surface area contributed by atoms with Crippen LogP contribution in [0.2, 0.25) is 0 Å². The number of carbonyl (C=O) groups is 2. The summed E-state index contributed by atoms with van der Waals surface area (Å²) in [6.45, 7) is 4.40. The standard InChI is InChI=1S/C27H24BrFN2O4/c1-3-34-24-13-20(21(28)14-25(24)35-16-19-6-4-5-7-22(19)29)12-23-26(32)31(27(33)30-23)15-18-10-8-17(2)9-11-18/h4-14H,3,15-16H2,1-2H3,(H,30,33)/b23-12+. The van der Waals surface area contributed by atoms with E-state index in [1.165, 1.54) is 11.0 Å². The molecule has 3 amide bonds. The van der Waals surface area contributed by atoms with Gasteiger partial charge in [0.1, 0.15) is 18.1 Å². The summed E-state index contributed by atoms with van der Waals surface area (Å²) in [6, 6.07) is 17.0. The van der Waals surface area contributed by atoms with Gasteiger partial charge in [-0.2, -0.15) is 0 Å². The fourth-order valence-electron chi connectivity index (χ4n) is 3.56. The van der Waals surface area contributed by atoms with Crippen molar-refractivity contribution in [2.45, 2.75) is 27.0 Å². The molecule has 35 heavy (non-hydrogen) atoms. The van der Waals surface area contributed by atoms with E-state index in [1.807, 2.05) is 38.1 Å². The van der Waals surface area contributed by atoms with Gasteiger partial charge < -0.3 is 14.8 Å². The first-order chi connectivity index (χ1) is 16.9. The third kappa shape index (κ3) is 5.71. The van der Waals surface area contributed by atoms with Crippen LogP contribution >= 0.6 is 15.9 Å². The molecule has 0 aliphatic carbocycles. The van der Waals surface area contributed by atoms with Gasteiger partial charge in [0.05, 0.1) is 13.2 Å². The number of nitrogens with zero attached hydrogens (tertiary/aromatic N) is 1. The van der Waals surface area contributed by atoms with Crippen LogP contribution < -0.4 is 14.8 Å². The van der Waals surface area contributed by atoms with E-state index < -0.39 is 11.9 Å². The van der Waals surface area contributed by atoms with Crippen LogP contribution in [-0.2, 0) is 17.9 Å². The number of nitrogens with one attached hydrogen (secondary N) is 1. The molecule has 0 aromatic heterocycles. The minimum atomic E-state index is -0.479. The van der Waals surface area contributed by atoms with Crippen LogP contribution in [0.5, 0.6) is 11.5 Å². The third-order valence-electron chi connectivity index (χ3n) is 5.43. The Hall–Kier alpha value is -3.65. The van der Waals surface area contributed by atoms with Crippen molar-refractivity contribution in [3.63, 3.8) is 0 Å². The summed E-state index contributed by atoms with van der Waals surface area (Å²) in [6.07, 6.45) is 1.59. The molecular formula is C27H24BrFN2O4. The number of urea groups is 1. The van der Waals surface area contributed by atoms with Crippen molar-refractivity contribution < 1.29 is 23.5 Å². The lowest BCUT2D eigenvalue weighted by Gasteiger charge is -2.14. The smallest absolute Gasteiger partial charge is 0.329 e. The Morgan fingerprint density at radius 3 is 2.46 bits per heavy atom. The SMILES string of the molecule is CCOc1cc(/C=C2/NC(=O)N(Cc3ccc(C)cc3)C2=O)c(Br)cc1OCc1ccccc1F. The second-order valence-corrected chi connectivity index (χ2v) is 8.85. The van der Waals surface area contributed by atoms with Gasteiger partial charge in [-0.25, -0.2) is 9.18 Å². The van der Waals surface area contributed by atoms with E-state index in [-0.39, 0.29) is 24.7 Å². The van der Waals surface area contributed by atoms with Crippen LogP contribution in [0.1, 0.15) is 29.2 Å². The fraction of sp³-hybridized carbons (Fsp3) is 0.185. The van der Waals surface area contributed by atoms with E-state index in [4.69, 9.17) is 9.47 Å². The maximum Gasteiger partial charge on any atom is 0.329 e. The molecular weight excluding hydrogens is 515 g/mol. The number of carbonyl (C=O) groups excluding carboxylic acids is 2. The number of amides is 3. The highest BCUT2D eigenvalue weighted by molar-refractivity contribution is 9.10. The Morgan fingerprint density at radius 2 is 1.74 bits per heavy atom. The Bertz CT molecular complexity index is 1290. The maximum absolute atomic E-state index is 14.0. The van der Waals surface area contributed by atoms with Crippen LogP contribution in [0.15, 0.2) is 70.8 Å². The zero-order valence-corrected chi connectivity index (χ0v) is 20.9. The highest BCUT2D eigenvalue weighted by Crippen LogP contribution is 2.36. The molecule has 0 radical (unpaired) electrons. The molecule has 1 aliphatic rings. The fourth-order valence-corrected chi connectivity index (χ4v) is 4.00. The highest BCUT2D eigenvalue weighted by atomic mass is 79.9. The summed E-state index contributed by atoms with van der Waals surface area (Å²) in [5, 5.41) is 2.64.